The summed E-state index contributed by atoms with van der Waals surface area (Å²) in [6, 6.07) is 1.35. The Bertz CT molecular complexity index is 692. The summed E-state index contributed by atoms with van der Waals surface area (Å²) in [5.41, 5.74) is 1.98. The lowest BCUT2D eigenvalue weighted by Crippen LogP contribution is -2.41. The van der Waals surface area contributed by atoms with Gasteiger partial charge in [0.2, 0.25) is 0 Å². The predicted octanol–water partition coefficient (Wildman–Crippen LogP) is 2.80. The van der Waals surface area contributed by atoms with Crippen LogP contribution in [0.1, 0.15) is 26.5 Å². The molecule has 1 saturated heterocycles. The van der Waals surface area contributed by atoms with E-state index in [1.54, 1.807) is 11.1 Å². The van der Waals surface area contributed by atoms with Crippen molar-refractivity contribution in [1.29, 1.82) is 0 Å². The van der Waals surface area contributed by atoms with Crippen molar-refractivity contribution in [3.05, 3.63) is 24.0 Å². The van der Waals surface area contributed by atoms with Crippen LogP contribution in [0, 0.1) is 0 Å². The quantitative estimate of drug-likeness (QED) is 0.644. The summed E-state index contributed by atoms with van der Waals surface area (Å²) in [4.78, 5) is 13.5. The van der Waals surface area contributed by atoms with Crippen LogP contribution in [0.3, 0.4) is 0 Å². The number of hydrogen-bond acceptors (Lipinski definition) is 4. The Kier molecular flexibility index (Phi) is 4.55. The maximum Gasteiger partial charge on any atom is 0.344 e. The Morgan fingerprint density at radius 2 is 2.12 bits per heavy atom. The summed E-state index contributed by atoms with van der Waals surface area (Å²) in [5.74, 6) is 0. The third-order valence-electron chi connectivity index (χ3n) is 5.55. The predicted molar refractivity (Wildman–Crippen MR) is 97.7 cm³/mol. The first-order valence-electron chi connectivity index (χ1n) is 8.75. The molecule has 0 radical (unpaired) electrons. The van der Waals surface area contributed by atoms with Gasteiger partial charge in [0.05, 0.1) is 18.3 Å². The molecule has 1 unspecified atom stereocenters. The van der Waals surface area contributed by atoms with Crippen molar-refractivity contribution >= 4 is 20.0 Å². The second kappa shape index (κ2) is 6.26. The highest BCUT2D eigenvalue weighted by atomic mass is 28.4. The van der Waals surface area contributed by atoms with Gasteiger partial charge >= 0.3 is 6.03 Å². The van der Waals surface area contributed by atoms with Gasteiger partial charge in [-0.25, -0.2) is 9.48 Å². The van der Waals surface area contributed by atoms with Gasteiger partial charge in [-0.15, -0.1) is 0 Å². The number of rotatable bonds is 5. The number of hydrogen-bond donors (Lipinski definition) is 1. The molecule has 1 atom stereocenters. The molecule has 1 aromatic heterocycles. The molecule has 25 heavy (non-hydrogen) atoms. The first kappa shape index (κ1) is 18.2. The van der Waals surface area contributed by atoms with E-state index in [4.69, 9.17) is 4.43 Å². The van der Waals surface area contributed by atoms with E-state index in [2.05, 4.69) is 39.0 Å². The van der Waals surface area contributed by atoms with Gasteiger partial charge in [0.15, 0.2) is 8.32 Å². The van der Waals surface area contributed by atoms with Gasteiger partial charge < -0.3 is 9.33 Å². The molecule has 1 fully saturated rings. The molecule has 2 amide bonds. The van der Waals surface area contributed by atoms with E-state index >= 15 is 0 Å². The first-order chi connectivity index (χ1) is 11.6. The number of carbonyl (C=O) groups excluding carboxylic acids is 1. The Morgan fingerprint density at radius 3 is 2.76 bits per heavy atom. The minimum Gasteiger partial charge on any atom is -0.416 e. The zero-order valence-corrected chi connectivity index (χ0v) is 16.7. The monoisotopic (exact) mass is 364 g/mol. The average molecular weight is 365 g/mol. The third-order valence-corrected chi connectivity index (χ3v) is 10.1. The minimum atomic E-state index is -1.76. The fourth-order valence-corrected chi connectivity index (χ4v) is 3.98. The maximum absolute atomic E-state index is 11.9. The number of fused-ring (bicyclic) bond motifs is 2. The third kappa shape index (κ3) is 3.38. The van der Waals surface area contributed by atoms with Gasteiger partial charge in [-0.05, 0) is 30.3 Å². The Morgan fingerprint density at radius 1 is 1.40 bits per heavy atom. The summed E-state index contributed by atoms with van der Waals surface area (Å²) in [7, 11) is -1.76. The van der Waals surface area contributed by atoms with Gasteiger partial charge in [0.1, 0.15) is 0 Å². The lowest BCUT2D eigenvalue weighted by molar-refractivity contribution is -0.0450. The summed E-state index contributed by atoms with van der Waals surface area (Å²) < 4.78 is 8.14. The van der Waals surface area contributed by atoms with Crippen molar-refractivity contribution in [3.8, 4) is 0 Å². The standard InChI is InChI=1S/C17H28N4O3Si/c1-17(2,3)25(4,5)24-9-7-13-6-8-18-20(13)14-10-15-12-19(11-14)16(22)21(15)23/h6,8,10,15,23H,7,9,11-12H2,1-5H3. The van der Waals surface area contributed by atoms with Crippen molar-refractivity contribution < 1.29 is 14.4 Å². The number of hydroxylamine groups is 2. The van der Waals surface area contributed by atoms with Gasteiger partial charge in [-0.2, -0.15) is 10.2 Å². The highest BCUT2D eigenvalue weighted by Gasteiger charge is 2.40. The largest absolute Gasteiger partial charge is 0.416 e. The lowest BCUT2D eigenvalue weighted by Gasteiger charge is -2.36. The molecule has 2 aliphatic heterocycles. The van der Waals surface area contributed by atoms with Crippen LogP contribution in [-0.2, 0) is 10.8 Å². The molecule has 138 valence electrons. The SMILES string of the molecule is CC(C)(C)[Si](C)(C)OCCc1ccnn1C1=CC2CN(C1)C(=O)N2O. The van der Waals surface area contributed by atoms with E-state index in [-0.39, 0.29) is 17.1 Å². The Hall–Kier alpha value is -1.64. The Labute approximate surface area is 149 Å². The normalized spacial score (nSPS) is 21.1. The van der Waals surface area contributed by atoms with Crippen molar-refractivity contribution in [3.63, 3.8) is 0 Å². The van der Waals surface area contributed by atoms with Gasteiger partial charge in [0.25, 0.3) is 0 Å². The molecule has 0 saturated carbocycles. The van der Waals surface area contributed by atoms with E-state index in [9.17, 15) is 10.0 Å². The van der Waals surface area contributed by atoms with Crippen LogP contribution in [-0.4, -0.2) is 65.0 Å². The summed E-state index contributed by atoms with van der Waals surface area (Å²) in [5, 5.41) is 15.2. The van der Waals surface area contributed by atoms with Crippen molar-refractivity contribution in [2.45, 2.75) is 51.4 Å². The number of carbonyl (C=O) groups is 1. The van der Waals surface area contributed by atoms with E-state index in [1.165, 1.54) is 0 Å². The van der Waals surface area contributed by atoms with Crippen LogP contribution < -0.4 is 0 Å². The zero-order valence-electron chi connectivity index (χ0n) is 15.7. The Balaban J connectivity index is 1.68. The second-order valence-electron chi connectivity index (χ2n) is 8.33. The first-order valence-corrected chi connectivity index (χ1v) is 11.7. The van der Waals surface area contributed by atoms with Crippen molar-refractivity contribution in [2.24, 2.45) is 0 Å². The van der Waals surface area contributed by atoms with Crippen molar-refractivity contribution in [1.82, 2.24) is 19.7 Å². The minimum absolute atomic E-state index is 0.191. The van der Waals surface area contributed by atoms with Gasteiger partial charge in [-0.1, -0.05) is 20.8 Å². The van der Waals surface area contributed by atoms with Crippen LogP contribution in [0.2, 0.25) is 18.1 Å². The molecule has 1 N–H and O–H groups in total. The fraction of sp³-hybridized carbons (Fsp3) is 0.647. The average Bonchev–Trinajstić information content (AvgIpc) is 3.06. The zero-order chi connectivity index (χ0) is 18.4. The van der Waals surface area contributed by atoms with E-state index in [0.717, 1.165) is 22.9 Å². The molecule has 0 spiro atoms. The van der Waals surface area contributed by atoms with Crippen LogP contribution in [0.15, 0.2) is 18.3 Å². The van der Waals surface area contributed by atoms with Crippen LogP contribution in [0.25, 0.3) is 5.70 Å². The fourth-order valence-electron chi connectivity index (χ4n) is 2.94. The molecule has 3 heterocycles. The molecule has 7 nitrogen and oxygen atoms in total. The highest BCUT2D eigenvalue weighted by Crippen LogP contribution is 2.36. The molecule has 3 rings (SSSR count). The molecule has 1 aromatic rings. The summed E-state index contributed by atoms with van der Waals surface area (Å²) in [6.45, 7) is 12.9. The lowest BCUT2D eigenvalue weighted by atomic mass is 10.2. The molecular formula is C17H28N4O3Si. The molecule has 2 bridgehead atoms. The van der Waals surface area contributed by atoms with E-state index in [1.807, 2.05) is 16.8 Å². The highest BCUT2D eigenvalue weighted by molar-refractivity contribution is 6.74. The maximum atomic E-state index is 11.9. The number of urea groups is 1. The van der Waals surface area contributed by atoms with Crippen LogP contribution in [0.5, 0.6) is 0 Å². The topological polar surface area (TPSA) is 70.8 Å². The van der Waals surface area contributed by atoms with Crippen LogP contribution >= 0.6 is 0 Å². The molecular weight excluding hydrogens is 336 g/mol. The van der Waals surface area contributed by atoms with Gasteiger partial charge in [0, 0.05) is 31.5 Å². The smallest absolute Gasteiger partial charge is 0.344 e. The molecule has 0 aliphatic carbocycles. The summed E-state index contributed by atoms with van der Waals surface area (Å²) >= 11 is 0. The number of amides is 2. The van der Waals surface area contributed by atoms with E-state index in [0.29, 0.717) is 19.7 Å². The summed E-state index contributed by atoms with van der Waals surface area (Å²) in [6.07, 6.45) is 4.46. The van der Waals surface area contributed by atoms with Crippen LogP contribution in [0.4, 0.5) is 4.79 Å². The van der Waals surface area contributed by atoms with E-state index < -0.39 is 8.32 Å². The molecule has 8 heteroatoms. The number of aromatic nitrogens is 2. The van der Waals surface area contributed by atoms with Gasteiger partial charge in [-0.3, -0.25) is 5.21 Å². The molecule has 0 aromatic carbocycles. The molecule has 2 aliphatic rings. The second-order valence-corrected chi connectivity index (χ2v) is 13.1. The number of nitrogens with zero attached hydrogens (tertiary/aromatic N) is 4. The van der Waals surface area contributed by atoms with Crippen molar-refractivity contribution in [2.75, 3.05) is 19.7 Å².